The van der Waals surface area contributed by atoms with Crippen LogP contribution in [0, 0.1) is 0 Å². The van der Waals surface area contributed by atoms with E-state index in [1.165, 1.54) is 16.5 Å². The first-order valence-electron chi connectivity index (χ1n) is 5.43. The summed E-state index contributed by atoms with van der Waals surface area (Å²) >= 11 is 3.50. The van der Waals surface area contributed by atoms with E-state index in [0.717, 1.165) is 17.3 Å². The SMILES string of the molecule is CCC(=Cc1ccc2ncccc2c1)CBr. The van der Waals surface area contributed by atoms with Crippen molar-refractivity contribution in [3.05, 3.63) is 47.7 Å². The van der Waals surface area contributed by atoms with Gasteiger partial charge in [-0.25, -0.2) is 0 Å². The van der Waals surface area contributed by atoms with E-state index in [0.29, 0.717) is 0 Å². The molecule has 0 aliphatic carbocycles. The van der Waals surface area contributed by atoms with Crippen molar-refractivity contribution in [2.45, 2.75) is 13.3 Å². The van der Waals surface area contributed by atoms with Crippen molar-refractivity contribution in [3.8, 4) is 0 Å². The summed E-state index contributed by atoms with van der Waals surface area (Å²) in [6.45, 7) is 2.18. The van der Waals surface area contributed by atoms with Gasteiger partial charge >= 0.3 is 0 Å². The van der Waals surface area contributed by atoms with Crippen molar-refractivity contribution in [2.24, 2.45) is 0 Å². The standard InChI is InChI=1S/C14H14BrN/c1-2-11(10-15)8-12-5-6-14-13(9-12)4-3-7-16-14/h3-9H,2,10H2,1H3. The molecule has 0 saturated heterocycles. The van der Waals surface area contributed by atoms with Crippen molar-refractivity contribution < 1.29 is 0 Å². The third-order valence-electron chi connectivity index (χ3n) is 2.62. The Balaban J connectivity index is 2.43. The minimum atomic E-state index is 0.939. The molecule has 2 aromatic rings. The highest BCUT2D eigenvalue weighted by atomic mass is 79.9. The average molecular weight is 276 g/mol. The number of rotatable bonds is 3. The van der Waals surface area contributed by atoms with E-state index in [4.69, 9.17) is 0 Å². The number of fused-ring (bicyclic) bond motifs is 1. The molecule has 2 rings (SSSR count). The lowest BCUT2D eigenvalue weighted by molar-refractivity contribution is 1.12. The van der Waals surface area contributed by atoms with Gasteiger partial charge in [0.25, 0.3) is 0 Å². The quantitative estimate of drug-likeness (QED) is 0.756. The molecular formula is C14H14BrN. The second kappa shape index (κ2) is 5.26. The molecule has 0 saturated carbocycles. The fourth-order valence-electron chi connectivity index (χ4n) is 1.65. The Morgan fingerprint density at radius 3 is 3.00 bits per heavy atom. The molecule has 0 aliphatic heterocycles. The third kappa shape index (κ3) is 2.50. The molecule has 0 aliphatic rings. The van der Waals surface area contributed by atoms with Gasteiger partial charge in [-0.05, 0) is 30.2 Å². The van der Waals surface area contributed by atoms with Crippen molar-refractivity contribution in [1.82, 2.24) is 4.98 Å². The fourth-order valence-corrected chi connectivity index (χ4v) is 2.21. The highest BCUT2D eigenvalue weighted by Gasteiger charge is 1.96. The number of nitrogens with zero attached hydrogens (tertiary/aromatic N) is 1. The van der Waals surface area contributed by atoms with Crippen molar-refractivity contribution in [3.63, 3.8) is 0 Å². The van der Waals surface area contributed by atoms with Crippen LogP contribution in [0.2, 0.25) is 0 Å². The van der Waals surface area contributed by atoms with Gasteiger partial charge in [0.05, 0.1) is 5.52 Å². The Hall–Kier alpha value is -1.15. The Morgan fingerprint density at radius 2 is 2.25 bits per heavy atom. The number of hydrogen-bond donors (Lipinski definition) is 0. The van der Waals surface area contributed by atoms with Crippen LogP contribution < -0.4 is 0 Å². The van der Waals surface area contributed by atoms with E-state index in [2.05, 4.69) is 58.2 Å². The predicted molar refractivity (Wildman–Crippen MR) is 73.8 cm³/mol. The fraction of sp³-hybridized carbons (Fsp3) is 0.214. The molecule has 0 N–H and O–H groups in total. The van der Waals surface area contributed by atoms with Crippen LogP contribution in [0.15, 0.2) is 42.1 Å². The molecule has 1 nitrogen and oxygen atoms in total. The molecule has 0 atom stereocenters. The first kappa shape index (κ1) is 11.3. The molecule has 2 heteroatoms. The summed E-state index contributed by atoms with van der Waals surface area (Å²) in [5.41, 5.74) is 3.71. The van der Waals surface area contributed by atoms with Gasteiger partial charge < -0.3 is 0 Å². The minimum absolute atomic E-state index is 0.939. The van der Waals surface area contributed by atoms with E-state index < -0.39 is 0 Å². The van der Waals surface area contributed by atoms with Gasteiger partial charge in [0.2, 0.25) is 0 Å². The number of alkyl halides is 1. The second-order valence-electron chi connectivity index (χ2n) is 3.75. The number of allylic oxidation sites excluding steroid dienone is 1. The highest BCUT2D eigenvalue weighted by molar-refractivity contribution is 9.09. The molecule has 16 heavy (non-hydrogen) atoms. The number of hydrogen-bond acceptors (Lipinski definition) is 1. The van der Waals surface area contributed by atoms with Gasteiger partial charge in [0, 0.05) is 16.9 Å². The van der Waals surface area contributed by atoms with Crippen LogP contribution >= 0.6 is 15.9 Å². The summed E-state index contributed by atoms with van der Waals surface area (Å²) < 4.78 is 0. The molecule has 0 radical (unpaired) electrons. The molecule has 1 aromatic carbocycles. The first-order chi connectivity index (χ1) is 7.83. The summed E-state index contributed by atoms with van der Waals surface area (Å²) in [4.78, 5) is 4.31. The Kier molecular flexibility index (Phi) is 3.73. The highest BCUT2D eigenvalue weighted by Crippen LogP contribution is 2.17. The van der Waals surface area contributed by atoms with Crippen molar-refractivity contribution >= 4 is 32.9 Å². The zero-order valence-electron chi connectivity index (χ0n) is 9.28. The van der Waals surface area contributed by atoms with Crippen LogP contribution in [-0.4, -0.2) is 10.3 Å². The number of halogens is 1. The summed E-state index contributed by atoms with van der Waals surface area (Å²) in [5, 5.41) is 2.13. The van der Waals surface area contributed by atoms with Gasteiger partial charge in [0.1, 0.15) is 0 Å². The van der Waals surface area contributed by atoms with Crippen LogP contribution in [0.25, 0.3) is 17.0 Å². The lowest BCUT2D eigenvalue weighted by Crippen LogP contribution is -1.83. The average Bonchev–Trinajstić information content (AvgIpc) is 2.35. The molecule has 1 heterocycles. The molecule has 0 amide bonds. The first-order valence-corrected chi connectivity index (χ1v) is 6.56. The zero-order valence-corrected chi connectivity index (χ0v) is 10.9. The van der Waals surface area contributed by atoms with Gasteiger partial charge in [-0.2, -0.15) is 0 Å². The van der Waals surface area contributed by atoms with E-state index in [1.54, 1.807) is 0 Å². The summed E-state index contributed by atoms with van der Waals surface area (Å²) in [6, 6.07) is 10.4. The van der Waals surface area contributed by atoms with Crippen molar-refractivity contribution in [2.75, 3.05) is 5.33 Å². The topological polar surface area (TPSA) is 12.9 Å². The monoisotopic (exact) mass is 275 g/mol. The van der Waals surface area contributed by atoms with Gasteiger partial charge in [0.15, 0.2) is 0 Å². The summed E-state index contributed by atoms with van der Waals surface area (Å²) in [6.07, 6.45) is 5.14. The maximum Gasteiger partial charge on any atom is 0.0702 e. The Labute approximate surface area is 104 Å². The number of benzene rings is 1. The van der Waals surface area contributed by atoms with E-state index in [1.807, 2.05) is 12.3 Å². The summed E-state index contributed by atoms with van der Waals surface area (Å²) in [5.74, 6) is 0. The third-order valence-corrected chi connectivity index (χ3v) is 3.34. The molecular weight excluding hydrogens is 262 g/mol. The van der Waals surface area contributed by atoms with Crippen LogP contribution in [0.3, 0.4) is 0 Å². The van der Waals surface area contributed by atoms with E-state index in [-0.39, 0.29) is 0 Å². The maximum absolute atomic E-state index is 4.31. The zero-order chi connectivity index (χ0) is 11.4. The molecule has 1 aromatic heterocycles. The predicted octanol–water partition coefficient (Wildman–Crippen LogP) is 4.42. The smallest absolute Gasteiger partial charge is 0.0702 e. The minimum Gasteiger partial charge on any atom is -0.256 e. The lowest BCUT2D eigenvalue weighted by Gasteiger charge is -2.01. The normalized spacial score (nSPS) is 12.0. The van der Waals surface area contributed by atoms with Gasteiger partial charge in [-0.1, -0.05) is 46.6 Å². The van der Waals surface area contributed by atoms with Crippen LogP contribution in [0.1, 0.15) is 18.9 Å². The van der Waals surface area contributed by atoms with Crippen LogP contribution in [0.4, 0.5) is 0 Å². The van der Waals surface area contributed by atoms with Gasteiger partial charge in [-0.3, -0.25) is 4.98 Å². The Morgan fingerprint density at radius 1 is 1.38 bits per heavy atom. The maximum atomic E-state index is 4.31. The van der Waals surface area contributed by atoms with E-state index in [9.17, 15) is 0 Å². The second-order valence-corrected chi connectivity index (χ2v) is 4.31. The molecule has 82 valence electrons. The van der Waals surface area contributed by atoms with Crippen LogP contribution in [-0.2, 0) is 0 Å². The molecule has 0 bridgehead atoms. The largest absolute Gasteiger partial charge is 0.256 e. The van der Waals surface area contributed by atoms with Gasteiger partial charge in [-0.15, -0.1) is 0 Å². The summed E-state index contributed by atoms with van der Waals surface area (Å²) in [7, 11) is 0. The molecule has 0 unspecified atom stereocenters. The van der Waals surface area contributed by atoms with Crippen LogP contribution in [0.5, 0.6) is 0 Å². The van der Waals surface area contributed by atoms with E-state index >= 15 is 0 Å². The number of aromatic nitrogens is 1. The number of pyridine rings is 1. The Bertz CT molecular complexity index is 511. The lowest BCUT2D eigenvalue weighted by atomic mass is 10.1. The molecule has 0 fully saturated rings. The molecule has 0 spiro atoms. The van der Waals surface area contributed by atoms with Crippen molar-refractivity contribution in [1.29, 1.82) is 0 Å².